The van der Waals surface area contributed by atoms with Crippen LogP contribution in [-0.2, 0) is 11.8 Å². The molecule has 0 bridgehead atoms. The summed E-state index contributed by atoms with van der Waals surface area (Å²) in [4.78, 5) is 9.14. The van der Waals surface area contributed by atoms with Crippen LogP contribution in [0.15, 0.2) is 12.3 Å². The molecule has 1 heterocycles. The fourth-order valence-corrected chi connectivity index (χ4v) is 3.53. The number of aliphatic hydroxyl groups excluding tert-OH is 2. The molecule has 1 saturated carbocycles. The van der Waals surface area contributed by atoms with Crippen LogP contribution in [-0.4, -0.2) is 45.5 Å². The maximum atomic E-state index is 10.4. The Morgan fingerprint density at radius 3 is 2.40 bits per heavy atom. The quantitative estimate of drug-likeness (QED) is 0.760. The molecule has 0 spiro atoms. The number of nitrogens with one attached hydrogen (secondary N) is 1. The van der Waals surface area contributed by atoms with Crippen molar-refractivity contribution in [3.05, 3.63) is 23.8 Å². The Labute approximate surface area is 152 Å². The summed E-state index contributed by atoms with van der Waals surface area (Å²) in [5.41, 5.74) is 1.08. The van der Waals surface area contributed by atoms with Gasteiger partial charge in [0.15, 0.2) is 0 Å². The predicted octanol–water partition coefficient (Wildman–Crippen LogP) is 2.31. The molecule has 0 aromatic carbocycles. The molecule has 3 N–H and O–H groups in total. The van der Waals surface area contributed by atoms with Gasteiger partial charge in [0.05, 0.1) is 6.10 Å². The Morgan fingerprint density at radius 1 is 1.16 bits per heavy atom. The van der Waals surface area contributed by atoms with Gasteiger partial charge >= 0.3 is 0 Å². The normalized spacial score (nSPS) is 27.7. The van der Waals surface area contributed by atoms with Crippen molar-refractivity contribution in [3.8, 4) is 0 Å². The Bertz CT molecular complexity index is 563. The van der Waals surface area contributed by atoms with Crippen molar-refractivity contribution in [2.24, 2.45) is 17.3 Å². The second-order valence-corrected chi connectivity index (χ2v) is 9.69. The molecule has 25 heavy (non-hydrogen) atoms. The molecule has 1 fully saturated rings. The van der Waals surface area contributed by atoms with Crippen molar-refractivity contribution in [2.75, 3.05) is 13.2 Å². The lowest BCUT2D eigenvalue weighted by Gasteiger charge is -2.28. The van der Waals surface area contributed by atoms with Crippen molar-refractivity contribution in [1.82, 2.24) is 15.3 Å². The molecular weight excluding hydrogens is 314 g/mol. The summed E-state index contributed by atoms with van der Waals surface area (Å²) in [7, 11) is 0. The minimum Gasteiger partial charge on any atom is -0.396 e. The highest BCUT2D eigenvalue weighted by Gasteiger charge is 2.42. The van der Waals surface area contributed by atoms with Crippen molar-refractivity contribution in [1.29, 1.82) is 0 Å². The highest BCUT2D eigenvalue weighted by Crippen LogP contribution is 2.35. The summed E-state index contributed by atoms with van der Waals surface area (Å²) >= 11 is 0. The third-order valence-electron chi connectivity index (χ3n) is 4.99. The first-order valence-electron chi connectivity index (χ1n) is 9.36. The van der Waals surface area contributed by atoms with Crippen molar-refractivity contribution in [3.63, 3.8) is 0 Å². The van der Waals surface area contributed by atoms with E-state index in [4.69, 9.17) is 4.98 Å². The van der Waals surface area contributed by atoms with Crippen LogP contribution < -0.4 is 5.32 Å². The molecule has 0 amide bonds. The predicted molar refractivity (Wildman–Crippen MR) is 100 cm³/mol. The highest BCUT2D eigenvalue weighted by molar-refractivity contribution is 5.11. The first kappa shape index (κ1) is 20.3. The van der Waals surface area contributed by atoms with E-state index >= 15 is 0 Å². The van der Waals surface area contributed by atoms with Crippen LogP contribution in [0.2, 0.25) is 0 Å². The third-order valence-corrected chi connectivity index (χ3v) is 4.99. The van der Waals surface area contributed by atoms with Gasteiger partial charge in [0, 0.05) is 42.4 Å². The molecule has 1 aliphatic rings. The van der Waals surface area contributed by atoms with E-state index in [-0.39, 0.29) is 35.3 Å². The molecule has 2 rings (SSSR count). The maximum Gasteiger partial charge on any atom is 0.133 e. The van der Waals surface area contributed by atoms with Crippen LogP contribution >= 0.6 is 0 Å². The molecule has 1 aromatic heterocycles. The monoisotopic (exact) mass is 349 g/mol. The van der Waals surface area contributed by atoms with Gasteiger partial charge in [-0.05, 0) is 30.2 Å². The van der Waals surface area contributed by atoms with E-state index < -0.39 is 6.10 Å². The van der Waals surface area contributed by atoms with Crippen LogP contribution in [0.1, 0.15) is 59.5 Å². The second kappa shape index (κ2) is 7.68. The van der Waals surface area contributed by atoms with E-state index in [0.717, 1.165) is 24.5 Å². The molecule has 5 heteroatoms. The van der Waals surface area contributed by atoms with E-state index in [2.05, 4.69) is 51.8 Å². The topological polar surface area (TPSA) is 78.3 Å². The van der Waals surface area contributed by atoms with Crippen LogP contribution in [0.25, 0.3) is 0 Å². The lowest BCUT2D eigenvalue weighted by molar-refractivity contribution is 0.0715. The van der Waals surface area contributed by atoms with E-state index in [9.17, 15) is 10.2 Å². The van der Waals surface area contributed by atoms with Crippen molar-refractivity contribution >= 4 is 0 Å². The van der Waals surface area contributed by atoms with Gasteiger partial charge in [0.25, 0.3) is 0 Å². The Hall–Kier alpha value is -1.04. The van der Waals surface area contributed by atoms with E-state index in [1.165, 1.54) is 0 Å². The van der Waals surface area contributed by atoms with Gasteiger partial charge in [-0.1, -0.05) is 41.5 Å². The van der Waals surface area contributed by atoms with Gasteiger partial charge < -0.3 is 15.5 Å². The van der Waals surface area contributed by atoms with Gasteiger partial charge in [-0.2, -0.15) is 0 Å². The molecule has 0 aliphatic heterocycles. The molecule has 142 valence electrons. The second-order valence-electron chi connectivity index (χ2n) is 9.69. The largest absolute Gasteiger partial charge is 0.396 e. The Morgan fingerprint density at radius 2 is 1.84 bits per heavy atom. The fourth-order valence-electron chi connectivity index (χ4n) is 3.53. The van der Waals surface area contributed by atoms with Crippen LogP contribution in [0.3, 0.4) is 0 Å². The number of nitrogens with zero attached hydrogens (tertiary/aromatic N) is 2. The van der Waals surface area contributed by atoms with Gasteiger partial charge in [-0.3, -0.25) is 0 Å². The van der Waals surface area contributed by atoms with Crippen LogP contribution in [0.4, 0.5) is 0 Å². The summed E-state index contributed by atoms with van der Waals surface area (Å²) in [6.07, 6.45) is 2.79. The molecule has 1 aliphatic carbocycles. The van der Waals surface area contributed by atoms with E-state index in [0.29, 0.717) is 6.42 Å². The van der Waals surface area contributed by atoms with Crippen LogP contribution in [0.5, 0.6) is 0 Å². The first-order valence-corrected chi connectivity index (χ1v) is 9.36. The summed E-state index contributed by atoms with van der Waals surface area (Å²) in [5, 5.41) is 23.8. The Kier molecular flexibility index (Phi) is 6.23. The first-order chi connectivity index (χ1) is 11.5. The minimum atomic E-state index is -0.462. The zero-order chi connectivity index (χ0) is 18.8. The number of aromatic nitrogens is 2. The number of hydrogen-bond donors (Lipinski definition) is 3. The van der Waals surface area contributed by atoms with Gasteiger partial charge in [0.1, 0.15) is 5.82 Å². The van der Waals surface area contributed by atoms with E-state index in [1.54, 1.807) is 0 Å². The molecule has 1 aromatic rings. The highest BCUT2D eigenvalue weighted by atomic mass is 16.3. The summed E-state index contributed by atoms with van der Waals surface area (Å²) < 4.78 is 0. The SMILES string of the molecule is CC(C)(C)CNC1CC(O)C(CO)C1Cc1ccnc(C(C)(C)C)n1. The van der Waals surface area contributed by atoms with E-state index in [1.807, 2.05) is 12.3 Å². The molecule has 5 nitrogen and oxygen atoms in total. The summed E-state index contributed by atoms with van der Waals surface area (Å²) in [6, 6.07) is 2.15. The molecule has 4 unspecified atom stereocenters. The molecule has 0 saturated heterocycles. The average molecular weight is 350 g/mol. The number of aliphatic hydroxyl groups is 2. The zero-order valence-electron chi connectivity index (χ0n) is 16.6. The maximum absolute atomic E-state index is 10.4. The summed E-state index contributed by atoms with van der Waals surface area (Å²) in [6.45, 7) is 13.8. The van der Waals surface area contributed by atoms with Crippen LogP contribution in [0, 0.1) is 17.3 Å². The molecule has 4 atom stereocenters. The van der Waals surface area contributed by atoms with Crippen molar-refractivity contribution < 1.29 is 10.2 Å². The zero-order valence-corrected chi connectivity index (χ0v) is 16.6. The fraction of sp³-hybridized carbons (Fsp3) is 0.800. The summed E-state index contributed by atoms with van der Waals surface area (Å²) in [5.74, 6) is 0.902. The number of rotatable bonds is 5. The van der Waals surface area contributed by atoms with Gasteiger partial charge in [0.2, 0.25) is 0 Å². The lowest BCUT2D eigenvalue weighted by atomic mass is 9.87. The number of hydrogen-bond acceptors (Lipinski definition) is 5. The smallest absolute Gasteiger partial charge is 0.133 e. The van der Waals surface area contributed by atoms with Gasteiger partial charge in [-0.15, -0.1) is 0 Å². The minimum absolute atomic E-state index is 0.0107. The average Bonchev–Trinajstić information content (AvgIpc) is 2.79. The standard InChI is InChI=1S/C20H35N3O2/c1-19(2,3)12-22-16-10-17(25)15(11-24)14(16)9-13-7-8-21-18(23-13)20(4,5)6/h7-8,14-17,22,24-25H,9-12H2,1-6H3. The van der Waals surface area contributed by atoms with Gasteiger partial charge in [-0.25, -0.2) is 9.97 Å². The molecule has 0 radical (unpaired) electrons. The molecular formula is C20H35N3O2. The lowest BCUT2D eigenvalue weighted by Crippen LogP contribution is -2.40. The Balaban J connectivity index is 2.17. The van der Waals surface area contributed by atoms with Crippen molar-refractivity contribution in [2.45, 2.75) is 71.9 Å². The third kappa shape index (κ3) is 5.47.